The summed E-state index contributed by atoms with van der Waals surface area (Å²) in [5, 5.41) is 2.53. The Hall–Kier alpha value is -3.23. The van der Waals surface area contributed by atoms with Crippen LogP contribution in [0.5, 0.6) is 0 Å². The zero-order valence-corrected chi connectivity index (χ0v) is 18.3. The number of rotatable bonds is 8. The van der Waals surface area contributed by atoms with Crippen LogP contribution in [0.4, 0.5) is 0 Å². The molecular formula is C29H29NO. The Morgan fingerprint density at radius 2 is 1.55 bits per heavy atom. The molecule has 1 atom stereocenters. The number of aryl methyl sites for hydroxylation is 1. The third kappa shape index (κ3) is 5.10. The van der Waals surface area contributed by atoms with E-state index in [0.717, 1.165) is 17.7 Å². The molecule has 0 N–H and O–H groups in total. The molecule has 31 heavy (non-hydrogen) atoms. The number of fused-ring (bicyclic) bond motifs is 1. The number of hydrogen-bond donors (Lipinski definition) is 0. The van der Waals surface area contributed by atoms with Gasteiger partial charge in [-0.2, -0.15) is 0 Å². The van der Waals surface area contributed by atoms with E-state index in [9.17, 15) is 4.79 Å². The van der Waals surface area contributed by atoms with E-state index < -0.39 is 0 Å². The second kappa shape index (κ2) is 9.72. The van der Waals surface area contributed by atoms with Crippen LogP contribution in [0.1, 0.15) is 46.4 Å². The van der Waals surface area contributed by atoms with Crippen LogP contribution in [0.3, 0.4) is 0 Å². The molecule has 0 heterocycles. The summed E-state index contributed by atoms with van der Waals surface area (Å²) >= 11 is 0. The standard InChI is InChI=1S/C29H29NO/c1-22-10-8-15-26(20-22)29(31)18-19-30(21-24-11-4-3-5-12-24)23(2)27-17-9-14-25-13-6-7-16-28(25)27/h3-17,20,23H,18-19,21H2,1-2H3/t23-/m1/s1. The van der Waals surface area contributed by atoms with Crippen molar-refractivity contribution in [2.24, 2.45) is 0 Å². The summed E-state index contributed by atoms with van der Waals surface area (Å²) in [6.07, 6.45) is 0.505. The van der Waals surface area contributed by atoms with Crippen LogP contribution in [0.15, 0.2) is 97.1 Å². The maximum absolute atomic E-state index is 12.9. The van der Waals surface area contributed by atoms with Crippen molar-refractivity contribution in [3.63, 3.8) is 0 Å². The van der Waals surface area contributed by atoms with Gasteiger partial charge in [-0.05, 0) is 41.8 Å². The van der Waals surface area contributed by atoms with Gasteiger partial charge in [-0.25, -0.2) is 0 Å². The first-order chi connectivity index (χ1) is 15.1. The van der Waals surface area contributed by atoms with Gasteiger partial charge in [0.1, 0.15) is 0 Å². The summed E-state index contributed by atoms with van der Waals surface area (Å²) in [4.78, 5) is 15.3. The van der Waals surface area contributed by atoms with Gasteiger partial charge in [0.05, 0.1) is 0 Å². The molecule has 0 unspecified atom stereocenters. The van der Waals surface area contributed by atoms with Gasteiger partial charge in [0.25, 0.3) is 0 Å². The highest BCUT2D eigenvalue weighted by molar-refractivity contribution is 5.96. The second-order valence-corrected chi connectivity index (χ2v) is 8.24. The van der Waals surface area contributed by atoms with Crippen molar-refractivity contribution in [1.82, 2.24) is 4.90 Å². The average molecular weight is 408 g/mol. The number of nitrogens with zero attached hydrogens (tertiary/aromatic N) is 1. The van der Waals surface area contributed by atoms with Crippen molar-refractivity contribution in [2.75, 3.05) is 6.54 Å². The van der Waals surface area contributed by atoms with Crippen molar-refractivity contribution >= 4 is 16.6 Å². The summed E-state index contributed by atoms with van der Waals surface area (Å²) < 4.78 is 0. The Balaban J connectivity index is 1.60. The summed E-state index contributed by atoms with van der Waals surface area (Å²) in [5.41, 5.74) is 4.49. The summed E-state index contributed by atoms with van der Waals surface area (Å²) in [7, 11) is 0. The Bertz CT molecular complexity index is 1160. The predicted octanol–water partition coefficient (Wildman–Crippen LogP) is 6.98. The molecule has 0 saturated carbocycles. The molecule has 0 aromatic heterocycles. The van der Waals surface area contributed by atoms with Gasteiger partial charge < -0.3 is 0 Å². The van der Waals surface area contributed by atoms with E-state index >= 15 is 0 Å². The summed E-state index contributed by atoms with van der Waals surface area (Å²) in [5.74, 6) is 0.201. The number of carbonyl (C=O) groups is 1. The molecule has 0 amide bonds. The normalized spacial score (nSPS) is 12.2. The van der Waals surface area contributed by atoms with Crippen LogP contribution in [0.25, 0.3) is 10.8 Å². The van der Waals surface area contributed by atoms with Crippen molar-refractivity contribution in [2.45, 2.75) is 32.9 Å². The minimum absolute atomic E-state index is 0.191. The van der Waals surface area contributed by atoms with Gasteiger partial charge in [0, 0.05) is 31.1 Å². The molecule has 0 aliphatic heterocycles. The largest absolute Gasteiger partial charge is 0.294 e. The number of ketones is 1. The lowest BCUT2D eigenvalue weighted by Gasteiger charge is -2.30. The topological polar surface area (TPSA) is 20.3 Å². The van der Waals surface area contributed by atoms with E-state index in [2.05, 4.69) is 78.6 Å². The number of hydrogen-bond acceptors (Lipinski definition) is 2. The maximum atomic E-state index is 12.9. The lowest BCUT2D eigenvalue weighted by molar-refractivity contribution is 0.0949. The quantitative estimate of drug-likeness (QED) is 0.294. The molecule has 156 valence electrons. The predicted molar refractivity (Wildman–Crippen MR) is 129 cm³/mol. The molecular weight excluding hydrogens is 378 g/mol. The van der Waals surface area contributed by atoms with Crippen molar-refractivity contribution < 1.29 is 4.79 Å². The molecule has 0 spiro atoms. The van der Waals surface area contributed by atoms with E-state index in [1.54, 1.807) is 0 Å². The molecule has 0 aliphatic rings. The van der Waals surface area contributed by atoms with E-state index in [1.807, 2.05) is 37.3 Å². The third-order valence-electron chi connectivity index (χ3n) is 6.02. The number of carbonyl (C=O) groups excluding carboxylic acids is 1. The molecule has 2 heteroatoms. The molecule has 0 saturated heterocycles. The Labute approximate surface area is 185 Å². The minimum atomic E-state index is 0.191. The van der Waals surface area contributed by atoms with E-state index in [0.29, 0.717) is 13.0 Å². The van der Waals surface area contributed by atoms with Crippen molar-refractivity contribution in [1.29, 1.82) is 0 Å². The monoisotopic (exact) mass is 407 g/mol. The van der Waals surface area contributed by atoms with Crippen LogP contribution in [0, 0.1) is 6.92 Å². The molecule has 0 fully saturated rings. The van der Waals surface area contributed by atoms with Gasteiger partial charge >= 0.3 is 0 Å². The molecule has 4 aromatic rings. The average Bonchev–Trinajstić information content (AvgIpc) is 2.81. The molecule has 4 aromatic carbocycles. The zero-order valence-electron chi connectivity index (χ0n) is 18.3. The van der Waals surface area contributed by atoms with Gasteiger partial charge in [-0.3, -0.25) is 9.69 Å². The first-order valence-electron chi connectivity index (χ1n) is 11.0. The van der Waals surface area contributed by atoms with Crippen molar-refractivity contribution in [3.05, 3.63) is 119 Å². The lowest BCUT2D eigenvalue weighted by atomic mass is 9.97. The van der Waals surface area contributed by atoms with Crippen LogP contribution in [-0.4, -0.2) is 17.2 Å². The SMILES string of the molecule is Cc1cccc(C(=O)CCN(Cc2ccccc2)[C@H](C)c2cccc3ccccc23)c1. The Kier molecular flexibility index (Phi) is 6.59. The van der Waals surface area contributed by atoms with E-state index in [-0.39, 0.29) is 11.8 Å². The molecule has 0 radical (unpaired) electrons. The van der Waals surface area contributed by atoms with Gasteiger partial charge in [-0.1, -0.05) is 96.6 Å². The highest BCUT2D eigenvalue weighted by atomic mass is 16.1. The van der Waals surface area contributed by atoms with E-state index in [1.165, 1.54) is 21.9 Å². The fraction of sp³-hybridized carbons (Fsp3) is 0.207. The zero-order chi connectivity index (χ0) is 21.6. The Morgan fingerprint density at radius 1 is 0.839 bits per heavy atom. The highest BCUT2D eigenvalue weighted by Crippen LogP contribution is 2.29. The minimum Gasteiger partial charge on any atom is -0.294 e. The first-order valence-corrected chi connectivity index (χ1v) is 11.0. The number of Topliss-reactive ketones (excluding diaryl/α,β-unsaturated/α-hetero) is 1. The molecule has 0 bridgehead atoms. The maximum Gasteiger partial charge on any atom is 0.164 e. The van der Waals surface area contributed by atoms with Crippen LogP contribution < -0.4 is 0 Å². The van der Waals surface area contributed by atoms with Crippen LogP contribution in [-0.2, 0) is 6.54 Å². The highest BCUT2D eigenvalue weighted by Gasteiger charge is 2.19. The van der Waals surface area contributed by atoms with E-state index in [4.69, 9.17) is 0 Å². The molecule has 2 nitrogen and oxygen atoms in total. The van der Waals surface area contributed by atoms with Gasteiger partial charge in [0.15, 0.2) is 5.78 Å². The van der Waals surface area contributed by atoms with Crippen LogP contribution >= 0.6 is 0 Å². The second-order valence-electron chi connectivity index (χ2n) is 8.24. The summed E-state index contributed by atoms with van der Waals surface area (Å²) in [6.45, 7) is 5.81. The third-order valence-corrected chi connectivity index (χ3v) is 6.02. The Morgan fingerprint density at radius 3 is 2.35 bits per heavy atom. The lowest BCUT2D eigenvalue weighted by Crippen LogP contribution is -2.29. The van der Waals surface area contributed by atoms with Gasteiger partial charge in [-0.15, -0.1) is 0 Å². The molecule has 4 rings (SSSR count). The number of benzene rings is 4. The molecule has 0 aliphatic carbocycles. The van der Waals surface area contributed by atoms with Crippen LogP contribution in [0.2, 0.25) is 0 Å². The smallest absolute Gasteiger partial charge is 0.164 e. The fourth-order valence-corrected chi connectivity index (χ4v) is 4.25. The van der Waals surface area contributed by atoms with Crippen molar-refractivity contribution in [3.8, 4) is 0 Å². The summed E-state index contributed by atoms with van der Waals surface area (Å²) in [6, 6.07) is 33.6. The van der Waals surface area contributed by atoms with Gasteiger partial charge in [0.2, 0.25) is 0 Å². The fourth-order valence-electron chi connectivity index (χ4n) is 4.25. The first kappa shape index (κ1) is 21.0.